The van der Waals surface area contributed by atoms with Crippen molar-refractivity contribution in [3.8, 4) is 5.75 Å². The van der Waals surface area contributed by atoms with Crippen LogP contribution in [0.5, 0.6) is 5.75 Å². The minimum absolute atomic E-state index is 0.138. The van der Waals surface area contributed by atoms with Crippen molar-refractivity contribution in [2.75, 3.05) is 17.1 Å². The van der Waals surface area contributed by atoms with Crippen LogP contribution in [0.25, 0.3) is 0 Å². The number of rotatable bonds is 11. The molecule has 2 aromatic rings. The van der Waals surface area contributed by atoms with Gasteiger partial charge in [0.2, 0.25) is 15.9 Å². The van der Waals surface area contributed by atoms with Crippen LogP contribution in [0.4, 0.5) is 5.69 Å². The Kier molecular flexibility index (Phi) is 8.92. The molecule has 170 valence electrons. The van der Waals surface area contributed by atoms with Gasteiger partial charge >= 0.3 is 0 Å². The summed E-state index contributed by atoms with van der Waals surface area (Å²) in [4.78, 5) is 12.8. The average Bonchev–Trinajstić information content (AvgIpc) is 2.69. The predicted octanol–water partition coefficient (Wildman–Crippen LogP) is 4.08. The van der Waals surface area contributed by atoms with Gasteiger partial charge in [0.25, 0.3) is 0 Å². The van der Waals surface area contributed by atoms with Crippen LogP contribution < -0.4 is 14.4 Å². The molecule has 0 bridgehead atoms. The number of amides is 1. The number of hydrogen-bond donors (Lipinski definition) is 1. The molecule has 7 heteroatoms. The fourth-order valence-electron chi connectivity index (χ4n) is 3.45. The summed E-state index contributed by atoms with van der Waals surface area (Å²) >= 11 is 0. The van der Waals surface area contributed by atoms with Crippen molar-refractivity contribution in [1.29, 1.82) is 0 Å². The number of sulfonamides is 1. The molecule has 6 nitrogen and oxygen atoms in total. The number of nitrogens with one attached hydrogen (secondary N) is 1. The molecular weight excluding hydrogens is 412 g/mol. The molecule has 0 aliphatic rings. The van der Waals surface area contributed by atoms with E-state index in [0.717, 1.165) is 36.0 Å². The van der Waals surface area contributed by atoms with Gasteiger partial charge in [-0.2, -0.15) is 0 Å². The summed E-state index contributed by atoms with van der Waals surface area (Å²) in [5, 5.41) is 2.91. The van der Waals surface area contributed by atoms with Gasteiger partial charge in [-0.3, -0.25) is 9.10 Å². The van der Waals surface area contributed by atoms with Gasteiger partial charge in [0, 0.05) is 6.54 Å². The fraction of sp³-hybridized carbons (Fsp3) is 0.458. The van der Waals surface area contributed by atoms with Crippen molar-refractivity contribution in [1.82, 2.24) is 5.32 Å². The van der Waals surface area contributed by atoms with Gasteiger partial charge in [0.1, 0.15) is 11.8 Å². The maximum Gasteiger partial charge on any atom is 0.243 e. The average molecular weight is 447 g/mol. The highest BCUT2D eigenvalue weighted by atomic mass is 32.2. The van der Waals surface area contributed by atoms with Crippen LogP contribution in [0.2, 0.25) is 0 Å². The van der Waals surface area contributed by atoms with Crippen LogP contribution in [0, 0.1) is 6.92 Å². The van der Waals surface area contributed by atoms with Crippen LogP contribution in [0.3, 0.4) is 0 Å². The number of anilines is 1. The topological polar surface area (TPSA) is 75.7 Å². The van der Waals surface area contributed by atoms with Crippen molar-refractivity contribution in [3.05, 3.63) is 59.7 Å². The van der Waals surface area contributed by atoms with E-state index >= 15 is 0 Å². The van der Waals surface area contributed by atoms with E-state index in [0.29, 0.717) is 18.7 Å². The number of benzene rings is 2. The Morgan fingerprint density at radius 1 is 1.13 bits per heavy atom. The van der Waals surface area contributed by atoms with Crippen LogP contribution in [-0.4, -0.2) is 39.3 Å². The van der Waals surface area contributed by atoms with Gasteiger partial charge in [-0.15, -0.1) is 0 Å². The molecule has 0 aliphatic heterocycles. The molecule has 0 unspecified atom stereocenters. The number of carbonyl (C=O) groups excluding carboxylic acids is 1. The number of hydrogen-bond acceptors (Lipinski definition) is 4. The zero-order valence-electron chi connectivity index (χ0n) is 19.1. The molecule has 1 atom stereocenters. The molecule has 0 saturated heterocycles. The first-order valence-electron chi connectivity index (χ1n) is 10.7. The van der Waals surface area contributed by atoms with Gasteiger partial charge < -0.3 is 10.1 Å². The van der Waals surface area contributed by atoms with E-state index in [-0.39, 0.29) is 12.0 Å². The lowest BCUT2D eigenvalue weighted by atomic mass is 10.1. The number of carbonyl (C=O) groups is 1. The zero-order chi connectivity index (χ0) is 23.0. The summed E-state index contributed by atoms with van der Waals surface area (Å²) < 4.78 is 31.9. The Hall–Kier alpha value is -2.54. The van der Waals surface area contributed by atoms with Crippen LogP contribution in [-0.2, 0) is 21.2 Å². The zero-order valence-corrected chi connectivity index (χ0v) is 19.9. The lowest BCUT2D eigenvalue weighted by Gasteiger charge is -2.30. The quantitative estimate of drug-likeness (QED) is 0.528. The summed E-state index contributed by atoms with van der Waals surface area (Å²) in [6.07, 6.45) is 3.23. The second kappa shape index (κ2) is 11.2. The van der Waals surface area contributed by atoms with Crippen molar-refractivity contribution < 1.29 is 17.9 Å². The Labute approximate surface area is 186 Å². The smallest absolute Gasteiger partial charge is 0.243 e. The molecule has 0 radical (unpaired) electrons. The molecule has 0 aliphatic carbocycles. The Morgan fingerprint density at radius 3 is 2.35 bits per heavy atom. The highest BCUT2D eigenvalue weighted by Crippen LogP contribution is 2.23. The van der Waals surface area contributed by atoms with E-state index in [4.69, 9.17) is 4.74 Å². The molecule has 2 rings (SSSR count). The van der Waals surface area contributed by atoms with Gasteiger partial charge in [0.05, 0.1) is 18.0 Å². The predicted molar refractivity (Wildman–Crippen MR) is 126 cm³/mol. The Morgan fingerprint density at radius 2 is 1.81 bits per heavy atom. The van der Waals surface area contributed by atoms with E-state index in [9.17, 15) is 13.2 Å². The van der Waals surface area contributed by atoms with Crippen molar-refractivity contribution in [2.45, 2.75) is 59.1 Å². The minimum atomic E-state index is -3.62. The van der Waals surface area contributed by atoms with Gasteiger partial charge in [-0.1, -0.05) is 31.2 Å². The van der Waals surface area contributed by atoms with E-state index in [1.165, 1.54) is 4.31 Å². The summed E-state index contributed by atoms with van der Waals surface area (Å²) in [5.74, 6) is 0.560. The molecular formula is C24H34N2O4S. The summed E-state index contributed by atoms with van der Waals surface area (Å²) in [6.45, 7) is 8.17. The lowest BCUT2D eigenvalue weighted by Crippen LogP contribution is -2.49. The highest BCUT2D eigenvalue weighted by Gasteiger charge is 2.31. The van der Waals surface area contributed by atoms with E-state index in [1.807, 2.05) is 58.0 Å². The first-order valence-corrected chi connectivity index (χ1v) is 12.6. The molecule has 2 aromatic carbocycles. The number of nitrogens with zero attached hydrogens (tertiary/aromatic N) is 1. The number of aryl methyl sites for hydroxylation is 2. The third kappa shape index (κ3) is 7.58. The van der Waals surface area contributed by atoms with E-state index in [1.54, 1.807) is 18.2 Å². The Bertz CT molecular complexity index is 956. The SMILES string of the molecule is CC[C@@H](C(=O)NCCCc1ccc(OC(C)C)cc1)N(c1cccc(C)c1)S(C)(=O)=O. The van der Waals surface area contributed by atoms with Gasteiger partial charge in [-0.25, -0.2) is 8.42 Å². The monoisotopic (exact) mass is 446 g/mol. The molecule has 0 heterocycles. The third-order valence-corrected chi connectivity index (χ3v) is 6.00. The van der Waals surface area contributed by atoms with E-state index < -0.39 is 16.1 Å². The molecule has 1 amide bonds. The van der Waals surface area contributed by atoms with Gasteiger partial charge in [0.15, 0.2) is 0 Å². The standard InChI is InChI=1S/C24H34N2O4S/c1-6-23(26(31(5,28)29)21-11-7-9-19(4)17-21)24(27)25-16-8-10-20-12-14-22(15-13-20)30-18(2)3/h7,9,11-15,17-18,23H,6,8,10,16H2,1-5H3,(H,25,27)/t23-/m0/s1. The largest absolute Gasteiger partial charge is 0.491 e. The van der Waals surface area contributed by atoms with Gasteiger partial charge in [-0.05, 0) is 75.4 Å². The lowest BCUT2D eigenvalue weighted by molar-refractivity contribution is -0.122. The maximum absolute atomic E-state index is 12.8. The fourth-order valence-corrected chi connectivity index (χ4v) is 4.66. The van der Waals surface area contributed by atoms with Crippen LogP contribution in [0.15, 0.2) is 48.5 Å². The molecule has 31 heavy (non-hydrogen) atoms. The van der Waals surface area contributed by atoms with Crippen molar-refractivity contribution in [3.63, 3.8) is 0 Å². The molecule has 0 aromatic heterocycles. The third-order valence-electron chi connectivity index (χ3n) is 4.82. The summed E-state index contributed by atoms with van der Waals surface area (Å²) in [5.41, 5.74) is 2.61. The van der Waals surface area contributed by atoms with Crippen molar-refractivity contribution >= 4 is 21.6 Å². The van der Waals surface area contributed by atoms with E-state index in [2.05, 4.69) is 5.32 Å². The minimum Gasteiger partial charge on any atom is -0.491 e. The van der Waals surface area contributed by atoms with Crippen molar-refractivity contribution in [2.24, 2.45) is 0 Å². The maximum atomic E-state index is 12.8. The summed E-state index contributed by atoms with van der Waals surface area (Å²) in [6, 6.07) is 14.4. The first-order chi connectivity index (χ1) is 14.6. The van der Waals surface area contributed by atoms with Crippen LogP contribution in [0.1, 0.15) is 44.7 Å². The normalized spacial score (nSPS) is 12.5. The van der Waals surface area contributed by atoms with Crippen LogP contribution >= 0.6 is 0 Å². The summed E-state index contributed by atoms with van der Waals surface area (Å²) in [7, 11) is -3.62. The molecule has 0 fully saturated rings. The Balaban J connectivity index is 1.97. The number of ether oxygens (including phenoxy) is 1. The second-order valence-electron chi connectivity index (χ2n) is 8.03. The first kappa shape index (κ1) is 24.7. The molecule has 1 N–H and O–H groups in total. The second-order valence-corrected chi connectivity index (χ2v) is 9.89. The highest BCUT2D eigenvalue weighted by molar-refractivity contribution is 7.92. The molecule has 0 saturated carbocycles. The molecule has 0 spiro atoms.